The van der Waals surface area contributed by atoms with E-state index in [9.17, 15) is 0 Å². The van der Waals surface area contributed by atoms with Crippen LogP contribution in [0, 0.1) is 0 Å². The highest BCUT2D eigenvalue weighted by molar-refractivity contribution is 7.99. The van der Waals surface area contributed by atoms with Gasteiger partial charge in [0.25, 0.3) is 0 Å². The minimum atomic E-state index is 0.208. The molecular formula is C12H12N6OS2. The highest BCUT2D eigenvalue weighted by atomic mass is 32.2. The zero-order valence-corrected chi connectivity index (χ0v) is 12.7. The van der Waals surface area contributed by atoms with E-state index in [4.69, 9.17) is 4.74 Å². The van der Waals surface area contributed by atoms with Crippen LogP contribution in [-0.2, 0) is 11.3 Å². The van der Waals surface area contributed by atoms with E-state index >= 15 is 0 Å². The van der Waals surface area contributed by atoms with Crippen molar-refractivity contribution in [1.29, 1.82) is 0 Å². The molecule has 3 aromatic heterocycles. The Morgan fingerprint density at radius 2 is 2.43 bits per heavy atom. The minimum absolute atomic E-state index is 0.208. The van der Waals surface area contributed by atoms with Gasteiger partial charge in [-0.05, 0) is 46.5 Å². The van der Waals surface area contributed by atoms with E-state index in [1.807, 2.05) is 11.4 Å². The predicted molar refractivity (Wildman–Crippen MR) is 78.3 cm³/mol. The smallest absolute Gasteiger partial charge is 0.215 e. The van der Waals surface area contributed by atoms with Crippen LogP contribution in [0.4, 0.5) is 0 Å². The summed E-state index contributed by atoms with van der Waals surface area (Å²) in [7, 11) is 0. The second-order valence-corrected chi connectivity index (χ2v) is 6.57. The van der Waals surface area contributed by atoms with Crippen LogP contribution < -0.4 is 0 Å². The number of fused-ring (bicyclic) bond motifs is 1. The molecular weight excluding hydrogens is 308 g/mol. The van der Waals surface area contributed by atoms with Gasteiger partial charge in [-0.15, -0.1) is 16.4 Å². The Balaban J connectivity index is 1.59. The number of thiophene rings is 1. The van der Waals surface area contributed by atoms with Crippen LogP contribution in [0.5, 0.6) is 0 Å². The highest BCUT2D eigenvalue weighted by Gasteiger charge is 2.20. The van der Waals surface area contributed by atoms with Gasteiger partial charge in [0.2, 0.25) is 5.16 Å². The summed E-state index contributed by atoms with van der Waals surface area (Å²) in [6.07, 6.45) is 3.95. The number of nitrogens with zero attached hydrogens (tertiary/aromatic N) is 6. The number of rotatable bonds is 4. The van der Waals surface area contributed by atoms with Crippen LogP contribution in [0.2, 0.25) is 0 Å². The molecule has 0 aliphatic carbocycles. The molecule has 4 rings (SSSR count). The fourth-order valence-electron chi connectivity index (χ4n) is 2.29. The van der Waals surface area contributed by atoms with E-state index in [-0.39, 0.29) is 6.10 Å². The zero-order chi connectivity index (χ0) is 14.1. The van der Waals surface area contributed by atoms with Crippen LogP contribution in [-0.4, -0.2) is 42.9 Å². The molecule has 0 radical (unpaired) electrons. The second-order valence-electron chi connectivity index (χ2n) is 4.69. The highest BCUT2D eigenvalue weighted by Crippen LogP contribution is 2.32. The summed E-state index contributed by atoms with van der Waals surface area (Å²) in [5, 5.41) is 15.6. The third kappa shape index (κ3) is 2.63. The van der Waals surface area contributed by atoms with Crippen LogP contribution in [0.3, 0.4) is 0 Å². The Morgan fingerprint density at radius 1 is 1.43 bits per heavy atom. The van der Waals surface area contributed by atoms with Gasteiger partial charge in [0, 0.05) is 6.61 Å². The number of ether oxygens (including phenoxy) is 1. The molecule has 0 N–H and O–H groups in total. The Kier molecular flexibility index (Phi) is 3.53. The summed E-state index contributed by atoms with van der Waals surface area (Å²) in [6.45, 7) is 1.52. The van der Waals surface area contributed by atoms with Crippen LogP contribution in [0.1, 0.15) is 12.8 Å². The van der Waals surface area contributed by atoms with E-state index in [2.05, 4.69) is 25.5 Å². The van der Waals surface area contributed by atoms with Crippen molar-refractivity contribution in [3.8, 4) is 0 Å². The largest absolute Gasteiger partial charge is 0.376 e. The molecule has 9 heteroatoms. The predicted octanol–water partition coefficient (Wildman–Crippen LogP) is 2.01. The molecule has 0 aromatic carbocycles. The lowest BCUT2D eigenvalue weighted by molar-refractivity contribution is 0.0912. The first-order valence-electron chi connectivity index (χ1n) is 6.64. The van der Waals surface area contributed by atoms with Gasteiger partial charge in [0.1, 0.15) is 11.4 Å². The Hall–Kier alpha value is -1.58. The molecule has 0 spiro atoms. The van der Waals surface area contributed by atoms with Gasteiger partial charge in [0.05, 0.1) is 22.9 Å². The molecule has 21 heavy (non-hydrogen) atoms. The van der Waals surface area contributed by atoms with E-state index < -0.39 is 0 Å². The lowest BCUT2D eigenvalue weighted by atomic mass is 10.2. The normalized spacial score (nSPS) is 18.6. The summed E-state index contributed by atoms with van der Waals surface area (Å²) in [5.74, 6) is 0. The maximum atomic E-state index is 5.64. The fourth-order valence-corrected chi connectivity index (χ4v) is 4.05. The maximum absolute atomic E-state index is 5.64. The first kappa shape index (κ1) is 13.1. The van der Waals surface area contributed by atoms with Crippen molar-refractivity contribution >= 4 is 33.3 Å². The van der Waals surface area contributed by atoms with Crippen molar-refractivity contribution in [2.45, 2.75) is 35.7 Å². The first-order chi connectivity index (χ1) is 10.4. The third-order valence-corrected chi connectivity index (χ3v) is 5.32. The molecule has 1 unspecified atom stereocenters. The Morgan fingerprint density at radius 3 is 3.33 bits per heavy atom. The number of tetrazole rings is 1. The quantitative estimate of drug-likeness (QED) is 0.680. The van der Waals surface area contributed by atoms with Gasteiger partial charge in [-0.2, -0.15) is 0 Å². The van der Waals surface area contributed by atoms with Crippen molar-refractivity contribution < 1.29 is 4.74 Å². The molecule has 1 aliphatic heterocycles. The summed E-state index contributed by atoms with van der Waals surface area (Å²) in [5.41, 5.74) is 0.954. The molecule has 108 valence electrons. The molecule has 7 nitrogen and oxygen atoms in total. The number of hydrogen-bond donors (Lipinski definition) is 0. The summed E-state index contributed by atoms with van der Waals surface area (Å²) >= 11 is 3.10. The lowest BCUT2D eigenvalue weighted by Crippen LogP contribution is -2.16. The molecule has 1 aliphatic rings. The lowest BCUT2D eigenvalue weighted by Gasteiger charge is -2.09. The molecule has 4 heterocycles. The van der Waals surface area contributed by atoms with E-state index in [0.29, 0.717) is 6.54 Å². The minimum Gasteiger partial charge on any atom is -0.376 e. The molecule has 0 amide bonds. The van der Waals surface area contributed by atoms with Crippen molar-refractivity contribution in [2.75, 3.05) is 6.61 Å². The summed E-state index contributed by atoms with van der Waals surface area (Å²) < 4.78 is 8.50. The summed E-state index contributed by atoms with van der Waals surface area (Å²) in [4.78, 5) is 8.59. The van der Waals surface area contributed by atoms with Crippen molar-refractivity contribution in [1.82, 2.24) is 30.2 Å². The average Bonchev–Trinajstić information content (AvgIpc) is 3.22. The standard InChI is InChI=1S/C12H12N6OS2/c1-2-8(19-4-1)6-18-12(15-16-17-18)21-11-10-9(3-5-20-10)13-7-14-11/h3,5,7-8H,1-2,4,6H2. The maximum Gasteiger partial charge on any atom is 0.215 e. The second kappa shape index (κ2) is 5.66. The van der Waals surface area contributed by atoms with Crippen LogP contribution in [0.25, 0.3) is 10.2 Å². The zero-order valence-electron chi connectivity index (χ0n) is 11.0. The molecule has 3 aromatic rings. The van der Waals surface area contributed by atoms with Gasteiger partial charge < -0.3 is 4.74 Å². The van der Waals surface area contributed by atoms with Crippen LogP contribution >= 0.6 is 23.1 Å². The van der Waals surface area contributed by atoms with Crippen molar-refractivity contribution in [3.05, 3.63) is 17.8 Å². The van der Waals surface area contributed by atoms with Gasteiger partial charge in [-0.1, -0.05) is 0 Å². The van der Waals surface area contributed by atoms with E-state index in [0.717, 1.165) is 39.8 Å². The molecule has 1 atom stereocenters. The molecule has 0 bridgehead atoms. The first-order valence-corrected chi connectivity index (χ1v) is 8.33. The molecule has 1 fully saturated rings. The van der Waals surface area contributed by atoms with Gasteiger partial charge in [0.15, 0.2) is 0 Å². The Labute approximate surface area is 128 Å². The van der Waals surface area contributed by atoms with E-state index in [1.54, 1.807) is 22.3 Å². The number of hydrogen-bond acceptors (Lipinski definition) is 8. The topological polar surface area (TPSA) is 78.6 Å². The van der Waals surface area contributed by atoms with Crippen LogP contribution in [0.15, 0.2) is 28.0 Å². The fraction of sp³-hybridized carbons (Fsp3) is 0.417. The van der Waals surface area contributed by atoms with Gasteiger partial charge in [-0.25, -0.2) is 14.6 Å². The van der Waals surface area contributed by atoms with E-state index in [1.165, 1.54) is 11.8 Å². The number of aromatic nitrogens is 6. The van der Waals surface area contributed by atoms with Gasteiger partial charge in [-0.3, -0.25) is 0 Å². The molecule has 0 saturated carbocycles. The van der Waals surface area contributed by atoms with Gasteiger partial charge >= 0.3 is 0 Å². The monoisotopic (exact) mass is 320 g/mol. The van der Waals surface area contributed by atoms with Crippen molar-refractivity contribution in [2.24, 2.45) is 0 Å². The molecule has 1 saturated heterocycles. The third-order valence-electron chi connectivity index (χ3n) is 3.30. The SMILES string of the molecule is c1nc(Sc2nnnn2CC2CCCO2)c2sccc2n1. The van der Waals surface area contributed by atoms with Crippen molar-refractivity contribution in [3.63, 3.8) is 0 Å². The average molecular weight is 320 g/mol. The Bertz CT molecular complexity index is 751. The summed E-state index contributed by atoms with van der Waals surface area (Å²) in [6, 6.07) is 1.99.